The Morgan fingerprint density at radius 1 is 1.19 bits per heavy atom. The molecule has 0 unspecified atom stereocenters. The lowest BCUT2D eigenvalue weighted by atomic mass is 9.95. The maximum atomic E-state index is 16.5. The van der Waals surface area contributed by atoms with Crippen molar-refractivity contribution in [1.82, 2.24) is 24.8 Å². The van der Waals surface area contributed by atoms with Crippen LogP contribution in [0, 0.1) is 11.7 Å². The molecular weight excluding hydrogens is 547 g/mol. The Hall–Kier alpha value is -4.31. The van der Waals surface area contributed by atoms with E-state index in [1.165, 1.54) is 12.1 Å². The summed E-state index contributed by atoms with van der Waals surface area (Å²) in [6.07, 6.45) is 7.36. The van der Waals surface area contributed by atoms with Gasteiger partial charge >= 0.3 is 6.01 Å². The number of carbonyl (C=O) groups is 1. The third-order valence-electron chi connectivity index (χ3n) is 9.36. The number of likely N-dealkylation sites (tertiary alicyclic amines) is 1. The van der Waals surface area contributed by atoms with Gasteiger partial charge in [-0.05, 0) is 67.8 Å². The van der Waals surface area contributed by atoms with Crippen molar-refractivity contribution in [3.8, 4) is 23.0 Å². The number of halogens is 1. The number of benzene rings is 2. The van der Waals surface area contributed by atoms with Gasteiger partial charge in [-0.25, -0.2) is 4.39 Å². The zero-order valence-corrected chi connectivity index (χ0v) is 24.3. The van der Waals surface area contributed by atoms with E-state index in [2.05, 4.69) is 21.4 Å². The molecule has 3 aliphatic rings. The Balaban J connectivity index is 1.28. The lowest BCUT2D eigenvalue weighted by Crippen LogP contribution is -2.53. The number of pyridine rings is 1. The van der Waals surface area contributed by atoms with E-state index < -0.39 is 5.82 Å². The standard InChI is InChI=1S/C33H35FN6O3/c1-3-27(42)39-18-21(19-39)17-38(2)31-26-16-35-29(25-15-23(41)14-22-8-4-5-9-24(22)25)28(34)30(26)36-32(37-31)43-20-33-10-6-12-40(33)13-7-11-33/h3-5,8-9,14-16,21,41H,1,6-7,10-13,17-20H2,2H3. The first-order valence-corrected chi connectivity index (χ1v) is 14.9. The van der Waals surface area contributed by atoms with E-state index in [0.29, 0.717) is 43.0 Å². The lowest BCUT2D eigenvalue weighted by Gasteiger charge is -2.40. The first kappa shape index (κ1) is 27.5. The first-order chi connectivity index (χ1) is 20.8. The summed E-state index contributed by atoms with van der Waals surface area (Å²) >= 11 is 0. The zero-order chi connectivity index (χ0) is 29.7. The number of nitrogens with zero attached hydrogens (tertiary/aromatic N) is 6. The zero-order valence-electron chi connectivity index (χ0n) is 24.3. The van der Waals surface area contributed by atoms with Crippen LogP contribution in [0.15, 0.2) is 55.3 Å². The average Bonchev–Trinajstić information content (AvgIpc) is 3.57. The number of anilines is 1. The molecule has 43 heavy (non-hydrogen) atoms. The Kier molecular flexibility index (Phi) is 6.88. The van der Waals surface area contributed by atoms with E-state index in [1.807, 2.05) is 36.2 Å². The number of phenolic OH excluding ortho intramolecular Hbond substituents is 1. The molecule has 0 radical (unpaired) electrons. The third-order valence-corrected chi connectivity index (χ3v) is 9.36. The number of phenols is 1. The Labute approximate surface area is 249 Å². The molecule has 7 rings (SSSR count). The van der Waals surface area contributed by atoms with Crippen LogP contribution in [-0.2, 0) is 4.79 Å². The highest BCUT2D eigenvalue weighted by Gasteiger charge is 2.45. The van der Waals surface area contributed by atoms with Crippen LogP contribution in [0.3, 0.4) is 0 Å². The topological polar surface area (TPSA) is 94.9 Å². The minimum absolute atomic E-state index is 0.0140. The number of carbonyl (C=O) groups excluding carboxylic acids is 1. The van der Waals surface area contributed by atoms with Gasteiger partial charge < -0.3 is 19.6 Å². The van der Waals surface area contributed by atoms with Gasteiger partial charge in [0.15, 0.2) is 5.82 Å². The fourth-order valence-electron chi connectivity index (χ4n) is 7.18. The average molecular weight is 583 g/mol. The van der Waals surface area contributed by atoms with Crippen molar-refractivity contribution >= 4 is 33.4 Å². The predicted octanol–water partition coefficient (Wildman–Crippen LogP) is 4.78. The van der Waals surface area contributed by atoms with Crippen molar-refractivity contribution in [3.05, 3.63) is 61.1 Å². The highest BCUT2D eigenvalue weighted by Crippen LogP contribution is 2.40. The summed E-state index contributed by atoms with van der Waals surface area (Å²) in [5.74, 6) is 0.127. The molecule has 3 saturated heterocycles. The van der Waals surface area contributed by atoms with Gasteiger partial charge in [-0.3, -0.25) is 14.7 Å². The monoisotopic (exact) mass is 582 g/mol. The van der Waals surface area contributed by atoms with Crippen molar-refractivity contribution in [1.29, 1.82) is 0 Å². The summed E-state index contributed by atoms with van der Waals surface area (Å²) in [7, 11) is 1.91. The second-order valence-corrected chi connectivity index (χ2v) is 12.1. The molecule has 4 aromatic rings. The van der Waals surface area contributed by atoms with E-state index in [4.69, 9.17) is 9.72 Å². The highest BCUT2D eigenvalue weighted by atomic mass is 19.1. The van der Waals surface area contributed by atoms with Crippen LogP contribution in [0.2, 0.25) is 0 Å². The predicted molar refractivity (Wildman–Crippen MR) is 164 cm³/mol. The van der Waals surface area contributed by atoms with Crippen molar-refractivity contribution in [3.63, 3.8) is 0 Å². The Bertz CT molecular complexity index is 1730. The van der Waals surface area contributed by atoms with E-state index in [1.54, 1.807) is 17.2 Å². The molecule has 1 N–H and O–H groups in total. The smallest absolute Gasteiger partial charge is 0.319 e. The van der Waals surface area contributed by atoms with Crippen molar-refractivity contribution in [2.45, 2.75) is 31.2 Å². The molecule has 5 heterocycles. The maximum Gasteiger partial charge on any atom is 0.319 e. The van der Waals surface area contributed by atoms with Crippen LogP contribution in [0.5, 0.6) is 11.8 Å². The normalized spacial score (nSPS) is 18.1. The number of ether oxygens (including phenoxy) is 1. The van der Waals surface area contributed by atoms with Crippen LogP contribution in [0.1, 0.15) is 25.7 Å². The molecule has 0 aliphatic carbocycles. The van der Waals surface area contributed by atoms with Crippen molar-refractivity contribution < 1.29 is 19.0 Å². The molecule has 3 fully saturated rings. The number of rotatable bonds is 8. The van der Waals surface area contributed by atoms with Crippen LogP contribution in [0.4, 0.5) is 10.2 Å². The van der Waals surface area contributed by atoms with Gasteiger partial charge in [0.2, 0.25) is 5.91 Å². The van der Waals surface area contributed by atoms with Crippen LogP contribution >= 0.6 is 0 Å². The van der Waals surface area contributed by atoms with Crippen LogP contribution < -0.4 is 9.64 Å². The first-order valence-electron chi connectivity index (χ1n) is 14.9. The van der Waals surface area contributed by atoms with Gasteiger partial charge in [0.1, 0.15) is 29.4 Å². The molecule has 0 atom stereocenters. The summed E-state index contributed by atoms with van der Waals surface area (Å²) in [5.41, 5.74) is 0.694. The second-order valence-electron chi connectivity index (χ2n) is 12.1. The molecule has 9 nitrogen and oxygen atoms in total. The summed E-state index contributed by atoms with van der Waals surface area (Å²) in [5, 5.41) is 12.5. The van der Waals surface area contributed by atoms with Gasteiger partial charge in [0, 0.05) is 44.4 Å². The number of fused-ring (bicyclic) bond motifs is 3. The van der Waals surface area contributed by atoms with E-state index in [0.717, 1.165) is 49.5 Å². The van der Waals surface area contributed by atoms with Crippen LogP contribution in [0.25, 0.3) is 32.9 Å². The molecule has 222 valence electrons. The summed E-state index contributed by atoms with van der Waals surface area (Å²) in [4.78, 5) is 32.1. The van der Waals surface area contributed by atoms with Gasteiger partial charge in [-0.2, -0.15) is 9.97 Å². The van der Waals surface area contributed by atoms with Crippen molar-refractivity contribution in [2.75, 3.05) is 51.3 Å². The minimum Gasteiger partial charge on any atom is -0.508 e. The fraction of sp³-hybridized carbons (Fsp3) is 0.394. The molecule has 0 saturated carbocycles. The van der Waals surface area contributed by atoms with Crippen molar-refractivity contribution in [2.24, 2.45) is 5.92 Å². The molecule has 3 aliphatic heterocycles. The Morgan fingerprint density at radius 2 is 1.95 bits per heavy atom. The van der Waals surface area contributed by atoms with Gasteiger partial charge in [-0.1, -0.05) is 30.8 Å². The Morgan fingerprint density at radius 3 is 2.72 bits per heavy atom. The molecular formula is C33H35FN6O3. The number of aromatic hydroxyl groups is 1. The van der Waals surface area contributed by atoms with Crippen LogP contribution in [-0.4, -0.2) is 87.7 Å². The number of aromatic nitrogens is 3. The van der Waals surface area contributed by atoms with E-state index >= 15 is 4.39 Å². The summed E-state index contributed by atoms with van der Waals surface area (Å²) in [6.45, 7) is 8.05. The third kappa shape index (κ3) is 4.83. The molecule has 2 aromatic heterocycles. The molecule has 0 spiro atoms. The minimum atomic E-state index is -0.594. The number of amides is 1. The maximum absolute atomic E-state index is 16.5. The molecule has 1 amide bonds. The molecule has 0 bridgehead atoms. The van der Waals surface area contributed by atoms with E-state index in [9.17, 15) is 9.90 Å². The number of hydrogen-bond acceptors (Lipinski definition) is 8. The van der Waals surface area contributed by atoms with Gasteiger partial charge in [0.05, 0.1) is 10.9 Å². The molecule has 10 heteroatoms. The lowest BCUT2D eigenvalue weighted by molar-refractivity contribution is -0.131. The fourth-order valence-corrected chi connectivity index (χ4v) is 7.18. The summed E-state index contributed by atoms with van der Waals surface area (Å²) < 4.78 is 22.9. The SMILES string of the molecule is C=CC(=O)N1CC(CN(C)c2nc(OCC34CCCN3CCC4)nc3c(F)c(-c4cc(O)cc5ccccc45)ncc23)C1. The number of hydrogen-bond donors (Lipinski definition) is 1. The van der Waals surface area contributed by atoms with Gasteiger partial charge in [0.25, 0.3) is 0 Å². The highest BCUT2D eigenvalue weighted by molar-refractivity contribution is 5.99. The quantitative estimate of drug-likeness (QED) is 0.297. The second kappa shape index (κ2) is 10.8. The van der Waals surface area contributed by atoms with Gasteiger partial charge in [-0.15, -0.1) is 0 Å². The molecule has 2 aromatic carbocycles. The van der Waals surface area contributed by atoms with E-state index in [-0.39, 0.29) is 40.3 Å². The largest absolute Gasteiger partial charge is 0.508 e. The summed E-state index contributed by atoms with van der Waals surface area (Å²) in [6, 6.07) is 10.8.